The van der Waals surface area contributed by atoms with Crippen molar-refractivity contribution in [3.63, 3.8) is 0 Å². The lowest BCUT2D eigenvalue weighted by atomic mass is 10.1. The predicted molar refractivity (Wildman–Crippen MR) is 273 cm³/mol. The molecule has 40 heteroatoms. The van der Waals surface area contributed by atoms with Gasteiger partial charge in [-0.05, 0) is 71.8 Å². The summed E-state index contributed by atoms with van der Waals surface area (Å²) in [6, 6.07) is 10.1. The first-order chi connectivity index (χ1) is 37.2. The molecule has 0 fully saturated rings. The number of hydrogen-bond acceptors (Lipinski definition) is 24. The summed E-state index contributed by atoms with van der Waals surface area (Å²) in [5.74, 6) is -0.443. The maximum absolute atomic E-state index is 12.8. The van der Waals surface area contributed by atoms with E-state index in [9.17, 15) is 98.2 Å². The van der Waals surface area contributed by atoms with E-state index in [1.165, 1.54) is 21.9 Å². The molecule has 0 saturated heterocycles. The van der Waals surface area contributed by atoms with Crippen molar-refractivity contribution >= 4 is 108 Å². The molecule has 0 saturated carbocycles. The van der Waals surface area contributed by atoms with Crippen LogP contribution >= 0.6 is 0 Å². The molecule has 0 atom stereocenters. The van der Waals surface area contributed by atoms with Gasteiger partial charge in [0.25, 0.3) is 60.7 Å². The number of anilines is 2. The molecule has 6 aromatic rings. The number of aliphatic hydroxyl groups is 4. The zero-order valence-corrected chi connectivity index (χ0v) is 45.0. The highest BCUT2D eigenvalue weighted by Crippen LogP contribution is 2.30. The maximum atomic E-state index is 12.8. The van der Waals surface area contributed by atoms with Crippen LogP contribution in [0.3, 0.4) is 0 Å². The molecule has 0 spiro atoms. The Hall–Kier alpha value is -7.26. The lowest BCUT2D eigenvalue weighted by Gasteiger charge is -2.20. The highest BCUT2D eigenvalue weighted by molar-refractivity contribution is 7.87. The number of aromatic nitrogens is 6. The monoisotopic (exact) mass is 1240 g/mol. The highest BCUT2D eigenvalue weighted by atomic mass is 32.2. The van der Waals surface area contributed by atoms with Crippen molar-refractivity contribution in [2.45, 2.75) is 29.4 Å². The van der Waals surface area contributed by atoms with Gasteiger partial charge in [0.1, 0.15) is 19.6 Å². The number of benzene rings is 4. The summed E-state index contributed by atoms with van der Waals surface area (Å²) in [5, 5.41) is 38.8. The minimum absolute atomic E-state index is 0.193. The molecule has 0 bridgehead atoms. The second-order valence-corrected chi connectivity index (χ2v) is 24.3. The highest BCUT2D eigenvalue weighted by Gasteiger charge is 2.24. The van der Waals surface area contributed by atoms with Crippen LogP contribution in [0, 0.1) is 0 Å². The number of aromatic amines is 4. The maximum Gasteiger partial charge on any atom is 0.296 e. The van der Waals surface area contributed by atoms with Crippen molar-refractivity contribution in [2.75, 3.05) is 62.4 Å². The Balaban J connectivity index is 1.48. The summed E-state index contributed by atoms with van der Waals surface area (Å²) >= 11 is 0. The van der Waals surface area contributed by atoms with Crippen molar-refractivity contribution in [3.05, 3.63) is 106 Å². The van der Waals surface area contributed by atoms with E-state index in [1.54, 1.807) is 0 Å². The molecule has 2 aromatic heterocycles. The zero-order valence-electron chi connectivity index (χ0n) is 40.1. The largest absolute Gasteiger partial charge is 0.395 e. The van der Waals surface area contributed by atoms with Crippen molar-refractivity contribution in [1.82, 2.24) is 29.9 Å². The average Bonchev–Trinajstić information content (AvgIpc) is 3.34. The number of nitrogens with one attached hydrogen (secondary N) is 4. The van der Waals surface area contributed by atoms with Crippen LogP contribution in [0.1, 0.15) is 11.1 Å². The van der Waals surface area contributed by atoms with E-state index >= 15 is 0 Å². The molecule has 4 aromatic carbocycles. The second-order valence-electron chi connectivity index (χ2n) is 15.9. The third kappa shape index (κ3) is 16.2. The third-order valence-electron chi connectivity index (χ3n) is 10.4. The van der Waals surface area contributed by atoms with Gasteiger partial charge in [-0.2, -0.15) is 60.5 Å². The van der Waals surface area contributed by atoms with Crippen molar-refractivity contribution < 1.29 is 98.2 Å². The number of nitrogens with zero attached hydrogens (tertiary/aromatic N) is 8. The molecule has 34 nitrogen and oxygen atoms in total. The molecule has 0 aliphatic heterocycles. The van der Waals surface area contributed by atoms with Crippen LogP contribution in [0.2, 0.25) is 0 Å². The van der Waals surface area contributed by atoms with E-state index in [4.69, 9.17) is 0 Å². The van der Waals surface area contributed by atoms with Crippen LogP contribution in [0.15, 0.2) is 122 Å². The number of hydrogen-bond donors (Lipinski definition) is 14. The SMILES string of the molecule is O=S(=O)(O)c1ccc(N=c2[nH]c(N(CCO)CCO)nc(=Nc3ccc(/C=C/c4ccc(N=c5nc(N(CCO)CCO)[nH]c(=Nc6ccc(S(=O)(=O)O)cc6S(=O)(=O)O)[nH]5)cc4S(=O)(=O)O)c(S(=O)(=O)O)c3)[nH]2)c(S(=O)(=O)O)c1. The molecule has 2 heterocycles. The van der Waals surface area contributed by atoms with Crippen molar-refractivity contribution in [1.29, 1.82) is 0 Å². The fraction of sp³-hybridized carbons (Fsp3) is 0.200. The topological polar surface area (TPSA) is 552 Å². The third-order valence-corrected chi connectivity index (χ3v) is 15.6. The zero-order chi connectivity index (χ0) is 59.2. The van der Waals surface area contributed by atoms with Crippen LogP contribution < -0.4 is 32.3 Å². The molecule has 0 radical (unpaired) electrons. The van der Waals surface area contributed by atoms with E-state index in [0.717, 1.165) is 60.7 Å². The number of aliphatic hydroxyl groups excluding tert-OH is 4. The second kappa shape index (κ2) is 24.6. The van der Waals surface area contributed by atoms with E-state index in [2.05, 4.69) is 49.9 Å². The van der Waals surface area contributed by atoms with Gasteiger partial charge in [-0.15, -0.1) is 0 Å². The average molecular weight is 1240 g/mol. The van der Waals surface area contributed by atoms with Gasteiger partial charge in [-0.3, -0.25) is 47.3 Å². The molecular formula is C40H44N12O22S6. The molecule has 6 rings (SSSR count). The first kappa shape index (κ1) is 61.9. The molecule has 0 aliphatic rings. The summed E-state index contributed by atoms with van der Waals surface area (Å²) in [6.45, 7) is -2.80. The Labute approximate surface area is 451 Å². The Bertz CT molecular complexity index is 4120. The van der Waals surface area contributed by atoms with Crippen molar-refractivity contribution in [3.8, 4) is 0 Å². The van der Waals surface area contributed by atoms with Gasteiger partial charge < -0.3 is 30.2 Å². The summed E-state index contributed by atoms with van der Waals surface area (Å²) < 4.78 is 207. The Morgan fingerprint density at radius 1 is 0.400 bits per heavy atom. The Kier molecular flexibility index (Phi) is 19.1. The van der Waals surface area contributed by atoms with Gasteiger partial charge in [0.2, 0.25) is 34.4 Å². The van der Waals surface area contributed by atoms with Gasteiger partial charge in [-0.25, -0.2) is 20.0 Å². The Morgan fingerprint density at radius 2 is 0.725 bits per heavy atom. The van der Waals surface area contributed by atoms with Gasteiger partial charge in [0.05, 0.1) is 59.0 Å². The van der Waals surface area contributed by atoms with Gasteiger partial charge >= 0.3 is 0 Å². The predicted octanol–water partition coefficient (Wildman–Crippen LogP) is -2.05. The van der Waals surface area contributed by atoms with Crippen LogP contribution in [-0.2, 0) is 60.7 Å². The summed E-state index contributed by atoms with van der Waals surface area (Å²) in [6.07, 6.45) is 2.02. The number of H-pyrrole nitrogens is 4. The minimum Gasteiger partial charge on any atom is -0.395 e. The molecule has 0 amide bonds. The van der Waals surface area contributed by atoms with Crippen molar-refractivity contribution in [2.24, 2.45) is 20.0 Å². The summed E-state index contributed by atoms with van der Waals surface area (Å²) in [4.78, 5) is 32.2. The summed E-state index contributed by atoms with van der Waals surface area (Å²) in [5.41, 5.74) is -4.28. The van der Waals surface area contributed by atoms with Crippen LogP contribution in [0.25, 0.3) is 12.2 Å². The smallest absolute Gasteiger partial charge is 0.296 e. The quantitative estimate of drug-likeness (QED) is 0.0257. The lowest BCUT2D eigenvalue weighted by Crippen LogP contribution is -2.37. The van der Waals surface area contributed by atoms with Crippen LogP contribution in [-0.4, -0.2) is 181 Å². The fourth-order valence-electron chi connectivity index (χ4n) is 6.93. The minimum atomic E-state index is -5.23. The van der Waals surface area contributed by atoms with Gasteiger partial charge in [0.15, 0.2) is 0 Å². The Morgan fingerprint density at radius 3 is 1.01 bits per heavy atom. The molecule has 14 N–H and O–H groups in total. The van der Waals surface area contributed by atoms with Gasteiger partial charge in [0, 0.05) is 26.2 Å². The lowest BCUT2D eigenvalue weighted by molar-refractivity contribution is 0.279. The van der Waals surface area contributed by atoms with Crippen LogP contribution in [0.4, 0.5) is 34.6 Å². The first-order valence-electron chi connectivity index (χ1n) is 21.8. The van der Waals surface area contributed by atoms with E-state index < -0.39 is 150 Å². The van der Waals surface area contributed by atoms with Gasteiger partial charge in [-0.1, -0.05) is 24.3 Å². The first-order valence-corrected chi connectivity index (χ1v) is 30.5. The van der Waals surface area contributed by atoms with Crippen LogP contribution in [0.5, 0.6) is 0 Å². The fourth-order valence-corrected chi connectivity index (χ4v) is 10.8. The standard InChI is InChI=1S/C40H44N12O22S6/c53-15-11-51(12-16-54)39-47-35(45-37(49-39)43-29-9-7-27(75(57,58)59)21-33(29)79(69,70)71)41-25-5-3-23(31(19-25)77(63,64)65)1-2-24-4-6-26(20-32(24)78(66,67)68)42-36-46-38(50-40(48-36)52(13-17-55)14-18-56)44-30-10-8-28(76(60,61)62)22-34(30)80(72,73)74/h1-10,19-22,53-56H,11-18H2,(H,57,58,59)(H,60,61,62)(H,63,64,65)(H,66,67,68)(H,69,70,71)(H,72,73,74)(H2,41,43,45,47,49)(H2,42,44,46,48,50)/b2-1+. The number of rotatable bonds is 22. The normalized spacial score (nSPS) is 13.9. The molecule has 432 valence electrons. The van der Waals surface area contributed by atoms with E-state index in [0.29, 0.717) is 12.1 Å². The molecular weight excluding hydrogens is 1190 g/mol. The molecule has 0 aliphatic carbocycles. The van der Waals surface area contributed by atoms with E-state index in [-0.39, 0.29) is 60.6 Å². The van der Waals surface area contributed by atoms with E-state index in [1.807, 2.05) is 0 Å². The molecule has 80 heavy (non-hydrogen) atoms. The molecule has 0 unspecified atom stereocenters. The summed E-state index contributed by atoms with van der Waals surface area (Å²) in [7, 11) is -30.8.